The van der Waals surface area contributed by atoms with Gasteiger partial charge >= 0.3 is 0 Å². The van der Waals surface area contributed by atoms with Crippen LogP contribution >= 0.6 is 11.3 Å². The summed E-state index contributed by atoms with van der Waals surface area (Å²) in [4.78, 5) is 30.5. The van der Waals surface area contributed by atoms with Crippen molar-refractivity contribution in [1.29, 1.82) is 0 Å². The lowest BCUT2D eigenvalue weighted by molar-refractivity contribution is -0.122. The van der Waals surface area contributed by atoms with Crippen molar-refractivity contribution in [3.63, 3.8) is 0 Å². The molecule has 1 aliphatic rings. The van der Waals surface area contributed by atoms with Crippen molar-refractivity contribution in [2.75, 3.05) is 13.1 Å². The highest BCUT2D eigenvalue weighted by molar-refractivity contribution is 7.17. The Bertz CT molecular complexity index is 1030. The number of carbonyl (C=O) groups excluding carboxylic acids is 1. The van der Waals surface area contributed by atoms with Crippen molar-refractivity contribution in [3.05, 3.63) is 51.9 Å². The Labute approximate surface area is 167 Å². The van der Waals surface area contributed by atoms with Crippen LogP contribution in [-0.4, -0.2) is 34.6 Å². The van der Waals surface area contributed by atoms with Gasteiger partial charge in [-0.15, -0.1) is 11.3 Å². The molecular weight excluding hydrogens is 372 g/mol. The molecule has 7 heteroatoms. The minimum absolute atomic E-state index is 0.0234. The van der Waals surface area contributed by atoms with Crippen LogP contribution in [0, 0.1) is 6.92 Å². The summed E-state index contributed by atoms with van der Waals surface area (Å²) in [6.45, 7) is 4.20. The molecule has 0 spiro atoms. The average molecular weight is 397 g/mol. The Hall–Kier alpha value is -2.51. The average Bonchev–Trinajstić information content (AvgIpc) is 3.14. The summed E-state index contributed by atoms with van der Waals surface area (Å²) in [7, 11) is 0. The minimum atomic E-state index is -0.0889. The number of thiophene rings is 1. The fourth-order valence-electron chi connectivity index (χ4n) is 3.57. The third-order valence-corrected chi connectivity index (χ3v) is 6.05. The summed E-state index contributed by atoms with van der Waals surface area (Å²) in [6.07, 6.45) is 3.90. The second kappa shape index (κ2) is 8.24. The number of piperidine rings is 1. The summed E-state index contributed by atoms with van der Waals surface area (Å²) in [6, 6.07) is 8.32. The molecule has 0 radical (unpaired) electrons. The molecular formula is C21H24N4O2S. The Morgan fingerprint density at radius 3 is 2.93 bits per heavy atom. The first-order valence-electron chi connectivity index (χ1n) is 9.65. The summed E-state index contributed by atoms with van der Waals surface area (Å²) >= 11 is 1.47. The lowest BCUT2D eigenvalue weighted by Crippen LogP contribution is -2.45. The molecule has 3 heterocycles. The quantitative estimate of drug-likeness (QED) is 0.695. The molecule has 1 saturated heterocycles. The Morgan fingerprint density at radius 2 is 2.18 bits per heavy atom. The number of amides is 1. The second-order valence-corrected chi connectivity index (χ2v) is 8.16. The molecule has 1 atom stereocenters. The Kier molecular flexibility index (Phi) is 5.54. The van der Waals surface area contributed by atoms with E-state index in [1.165, 1.54) is 16.9 Å². The molecule has 1 aliphatic heterocycles. The number of rotatable bonds is 5. The fraction of sp³-hybridized carbons (Fsp3) is 0.381. The van der Waals surface area contributed by atoms with Crippen molar-refractivity contribution in [1.82, 2.24) is 20.2 Å². The molecule has 28 heavy (non-hydrogen) atoms. The molecule has 6 nitrogen and oxygen atoms in total. The molecule has 146 valence electrons. The van der Waals surface area contributed by atoms with Crippen LogP contribution in [0.25, 0.3) is 21.3 Å². The molecule has 1 aromatic carbocycles. The molecule has 0 bridgehead atoms. The maximum atomic E-state index is 13.0. The van der Waals surface area contributed by atoms with E-state index in [1.807, 2.05) is 36.6 Å². The van der Waals surface area contributed by atoms with Crippen molar-refractivity contribution in [2.45, 2.75) is 38.8 Å². The smallest absolute Gasteiger partial charge is 0.262 e. The topological polar surface area (TPSA) is 76.0 Å². The number of nitrogens with zero attached hydrogens (tertiary/aromatic N) is 2. The zero-order chi connectivity index (χ0) is 19.5. The van der Waals surface area contributed by atoms with Gasteiger partial charge in [0, 0.05) is 36.5 Å². The maximum absolute atomic E-state index is 13.0. The van der Waals surface area contributed by atoms with E-state index in [2.05, 4.69) is 15.6 Å². The van der Waals surface area contributed by atoms with Gasteiger partial charge in [-0.3, -0.25) is 14.2 Å². The van der Waals surface area contributed by atoms with E-state index in [0.29, 0.717) is 11.9 Å². The van der Waals surface area contributed by atoms with E-state index in [9.17, 15) is 9.59 Å². The lowest BCUT2D eigenvalue weighted by atomic mass is 10.1. The minimum Gasteiger partial charge on any atom is -0.352 e. The van der Waals surface area contributed by atoms with Gasteiger partial charge in [0.2, 0.25) is 5.91 Å². The number of hydrogen-bond donors (Lipinski definition) is 2. The van der Waals surface area contributed by atoms with Crippen LogP contribution in [0.2, 0.25) is 0 Å². The normalized spacial score (nSPS) is 17.0. The predicted octanol–water partition coefficient (Wildman–Crippen LogP) is 2.69. The van der Waals surface area contributed by atoms with E-state index in [1.54, 1.807) is 10.9 Å². The van der Waals surface area contributed by atoms with Gasteiger partial charge in [0.25, 0.3) is 5.56 Å². The predicted molar refractivity (Wildman–Crippen MR) is 113 cm³/mol. The highest BCUT2D eigenvalue weighted by Crippen LogP contribution is 2.30. The molecule has 1 fully saturated rings. The van der Waals surface area contributed by atoms with E-state index in [-0.39, 0.29) is 23.9 Å². The van der Waals surface area contributed by atoms with Gasteiger partial charge < -0.3 is 10.6 Å². The van der Waals surface area contributed by atoms with Crippen molar-refractivity contribution < 1.29 is 4.79 Å². The van der Waals surface area contributed by atoms with Crippen LogP contribution in [0.15, 0.2) is 40.8 Å². The van der Waals surface area contributed by atoms with E-state index < -0.39 is 0 Å². The molecule has 1 unspecified atom stereocenters. The van der Waals surface area contributed by atoms with Crippen LogP contribution in [0.4, 0.5) is 0 Å². The molecule has 0 saturated carbocycles. The molecule has 4 rings (SSSR count). The van der Waals surface area contributed by atoms with Gasteiger partial charge in [0.1, 0.15) is 4.83 Å². The Morgan fingerprint density at radius 1 is 1.36 bits per heavy atom. The second-order valence-electron chi connectivity index (χ2n) is 7.30. The third kappa shape index (κ3) is 4.00. The van der Waals surface area contributed by atoms with Gasteiger partial charge in [-0.2, -0.15) is 0 Å². The van der Waals surface area contributed by atoms with Crippen molar-refractivity contribution in [2.24, 2.45) is 0 Å². The molecule has 3 aromatic rings. The first-order chi connectivity index (χ1) is 13.6. The highest BCUT2D eigenvalue weighted by atomic mass is 32.1. The van der Waals surface area contributed by atoms with Gasteiger partial charge in [-0.25, -0.2) is 4.98 Å². The van der Waals surface area contributed by atoms with E-state index >= 15 is 0 Å². The van der Waals surface area contributed by atoms with Crippen LogP contribution in [0.3, 0.4) is 0 Å². The van der Waals surface area contributed by atoms with Crippen LogP contribution in [0.5, 0.6) is 0 Å². The monoisotopic (exact) mass is 396 g/mol. The fourth-order valence-corrected chi connectivity index (χ4v) is 4.48. The molecule has 0 aliphatic carbocycles. The number of carbonyl (C=O) groups is 1. The highest BCUT2D eigenvalue weighted by Gasteiger charge is 2.16. The standard InChI is InChI=1S/C21H24N4O2S/c1-14-4-6-15(7-5-14)17-12-28-20-19(17)21(27)25(13-23-20)10-8-18(26)24-16-3-2-9-22-11-16/h4-7,12-13,16,22H,2-3,8-11H2,1H3,(H,24,26). The lowest BCUT2D eigenvalue weighted by Gasteiger charge is -2.23. The number of benzene rings is 1. The van der Waals surface area contributed by atoms with Crippen LogP contribution in [0.1, 0.15) is 24.8 Å². The van der Waals surface area contributed by atoms with Gasteiger partial charge in [-0.1, -0.05) is 29.8 Å². The number of hydrogen-bond acceptors (Lipinski definition) is 5. The van der Waals surface area contributed by atoms with Gasteiger partial charge in [0.05, 0.1) is 11.7 Å². The number of aromatic nitrogens is 2. The van der Waals surface area contributed by atoms with E-state index in [4.69, 9.17) is 0 Å². The maximum Gasteiger partial charge on any atom is 0.262 e. The number of fused-ring (bicyclic) bond motifs is 1. The first-order valence-corrected chi connectivity index (χ1v) is 10.5. The third-order valence-electron chi connectivity index (χ3n) is 5.17. The largest absolute Gasteiger partial charge is 0.352 e. The van der Waals surface area contributed by atoms with E-state index in [0.717, 1.165) is 41.9 Å². The zero-order valence-electron chi connectivity index (χ0n) is 15.9. The zero-order valence-corrected chi connectivity index (χ0v) is 16.7. The number of aryl methyl sites for hydroxylation is 2. The van der Waals surface area contributed by atoms with Crippen molar-refractivity contribution >= 4 is 27.5 Å². The summed E-state index contributed by atoms with van der Waals surface area (Å²) in [5.74, 6) is -0.0234. The summed E-state index contributed by atoms with van der Waals surface area (Å²) in [5, 5.41) is 8.95. The SMILES string of the molecule is Cc1ccc(-c2csc3ncn(CCC(=O)NC4CCCNC4)c(=O)c23)cc1. The number of nitrogens with one attached hydrogen (secondary N) is 2. The first kappa shape index (κ1) is 18.8. The van der Waals surface area contributed by atoms with Crippen molar-refractivity contribution in [3.8, 4) is 11.1 Å². The van der Waals surface area contributed by atoms with Crippen LogP contribution in [-0.2, 0) is 11.3 Å². The van der Waals surface area contributed by atoms with Gasteiger partial charge in [-0.05, 0) is 31.9 Å². The summed E-state index contributed by atoms with van der Waals surface area (Å²) in [5.41, 5.74) is 3.01. The summed E-state index contributed by atoms with van der Waals surface area (Å²) < 4.78 is 1.55. The van der Waals surface area contributed by atoms with Gasteiger partial charge in [0.15, 0.2) is 0 Å². The molecule has 2 aromatic heterocycles. The van der Waals surface area contributed by atoms with Crippen LogP contribution < -0.4 is 16.2 Å². The molecule has 2 N–H and O–H groups in total. The Balaban J connectivity index is 1.52. The molecule has 1 amide bonds.